The highest BCUT2D eigenvalue weighted by Crippen LogP contribution is 2.50. The molecule has 3 amide bonds. The highest BCUT2D eigenvalue weighted by molar-refractivity contribution is 8.01. The fourth-order valence-corrected chi connectivity index (χ4v) is 5.55. The first-order valence-electron chi connectivity index (χ1n) is 10.1. The first kappa shape index (κ1) is 22.6. The molecule has 2 aliphatic heterocycles. The maximum atomic E-state index is 13.1. The molecule has 2 aromatic rings. The maximum absolute atomic E-state index is 13.1. The first-order valence-corrected chi connectivity index (χ1v) is 10.9. The first-order chi connectivity index (χ1) is 15.7. The third-order valence-electron chi connectivity index (χ3n) is 5.45. The Kier molecular flexibility index (Phi) is 5.97. The van der Waals surface area contributed by atoms with E-state index >= 15 is 0 Å². The topological polar surface area (TPSA) is 167 Å². The van der Waals surface area contributed by atoms with Crippen molar-refractivity contribution in [1.29, 1.82) is 0 Å². The quantitative estimate of drug-likeness (QED) is 0.415. The van der Waals surface area contributed by atoms with E-state index in [1.807, 2.05) is 0 Å². The normalized spacial score (nSPS) is 23.8. The van der Waals surface area contributed by atoms with Crippen LogP contribution in [0.4, 0.5) is 4.79 Å². The summed E-state index contributed by atoms with van der Waals surface area (Å²) in [7, 11) is 0. The number of carboxylic acid groups (broad SMARTS) is 1. The van der Waals surface area contributed by atoms with E-state index in [9.17, 15) is 24.3 Å². The fraction of sp³-hybridized carbons (Fsp3) is 0.400. The number of ether oxygens (including phenoxy) is 1. The van der Waals surface area contributed by atoms with Gasteiger partial charge in [0.1, 0.15) is 30.1 Å². The molecule has 0 aliphatic carbocycles. The summed E-state index contributed by atoms with van der Waals surface area (Å²) in [6.45, 7) is 3.38. The Bertz CT molecular complexity index is 1060. The highest BCUT2D eigenvalue weighted by Gasteiger charge is 2.64. The molecule has 12 nitrogen and oxygen atoms in total. The summed E-state index contributed by atoms with van der Waals surface area (Å²) >= 11 is 1.32. The van der Waals surface area contributed by atoms with Crippen LogP contribution in [0.5, 0.6) is 0 Å². The lowest BCUT2D eigenvalue weighted by Gasteiger charge is -2.43. The van der Waals surface area contributed by atoms with E-state index in [1.54, 1.807) is 44.2 Å². The van der Waals surface area contributed by atoms with Gasteiger partial charge in [0.2, 0.25) is 11.8 Å². The summed E-state index contributed by atoms with van der Waals surface area (Å²) in [6, 6.07) is 5.49. The maximum Gasteiger partial charge on any atom is 0.408 e. The van der Waals surface area contributed by atoms with Crippen LogP contribution in [0.3, 0.4) is 0 Å². The van der Waals surface area contributed by atoms with Gasteiger partial charge in [-0.15, -0.1) is 16.9 Å². The number of hydrogen-bond acceptors (Lipinski definition) is 8. The average molecular weight is 474 g/mol. The van der Waals surface area contributed by atoms with Crippen molar-refractivity contribution < 1.29 is 29.0 Å². The summed E-state index contributed by atoms with van der Waals surface area (Å²) in [4.78, 5) is 51.1. The number of rotatable bonds is 7. The van der Waals surface area contributed by atoms with Crippen LogP contribution in [0.2, 0.25) is 0 Å². The minimum Gasteiger partial charge on any atom is -0.480 e. The third kappa shape index (κ3) is 4.35. The van der Waals surface area contributed by atoms with Gasteiger partial charge >= 0.3 is 12.1 Å². The zero-order chi connectivity index (χ0) is 23.8. The molecule has 0 unspecified atom stereocenters. The number of thioether (sulfide) groups is 1. The number of amides is 3. The molecular weight excluding hydrogens is 452 g/mol. The van der Waals surface area contributed by atoms with Crippen molar-refractivity contribution in [3.05, 3.63) is 47.8 Å². The van der Waals surface area contributed by atoms with Crippen LogP contribution >= 0.6 is 11.8 Å². The van der Waals surface area contributed by atoms with E-state index in [1.165, 1.54) is 22.9 Å². The molecule has 2 saturated heterocycles. The van der Waals surface area contributed by atoms with Gasteiger partial charge in [-0.25, -0.2) is 9.59 Å². The van der Waals surface area contributed by atoms with Gasteiger partial charge < -0.3 is 25.4 Å². The molecule has 1 aromatic carbocycles. The molecule has 0 radical (unpaired) electrons. The molecule has 1 aromatic heterocycles. The third-order valence-corrected chi connectivity index (χ3v) is 7.03. The minimum atomic E-state index is -1.13. The number of carbonyl (C=O) groups excluding carboxylic acids is 3. The Morgan fingerprint density at radius 2 is 2.03 bits per heavy atom. The Morgan fingerprint density at radius 3 is 2.67 bits per heavy atom. The Labute approximate surface area is 192 Å². The van der Waals surface area contributed by atoms with Crippen LogP contribution in [0, 0.1) is 0 Å². The van der Waals surface area contributed by atoms with Gasteiger partial charge in [0.25, 0.3) is 0 Å². The lowest BCUT2D eigenvalue weighted by Crippen LogP contribution is -2.71. The van der Waals surface area contributed by atoms with E-state index < -0.39 is 52.1 Å². The average Bonchev–Trinajstić information content (AvgIpc) is 3.38. The van der Waals surface area contributed by atoms with Crippen LogP contribution in [0.25, 0.3) is 0 Å². The van der Waals surface area contributed by atoms with Crippen LogP contribution < -0.4 is 10.6 Å². The van der Waals surface area contributed by atoms with E-state index in [4.69, 9.17) is 4.74 Å². The second-order valence-electron chi connectivity index (χ2n) is 8.13. The van der Waals surface area contributed by atoms with Gasteiger partial charge in [-0.1, -0.05) is 35.5 Å². The number of nitrogens with zero attached hydrogens (tertiary/aromatic N) is 3. The number of carbonyl (C=O) groups is 4. The molecule has 3 heterocycles. The van der Waals surface area contributed by atoms with Gasteiger partial charge in [-0.2, -0.15) is 0 Å². The van der Waals surface area contributed by atoms with Crippen molar-refractivity contribution in [3.63, 3.8) is 0 Å². The summed E-state index contributed by atoms with van der Waals surface area (Å²) in [5.74, 6) is -2.18. The smallest absolute Gasteiger partial charge is 0.408 e. The summed E-state index contributed by atoms with van der Waals surface area (Å²) in [5.41, 5.74) is 0.960. The summed E-state index contributed by atoms with van der Waals surface area (Å²) < 4.78 is 4.39. The Balaban J connectivity index is 1.45. The number of carboxylic acids is 1. The number of β-lactam (4-membered cyclic amide) rings is 1. The second kappa shape index (κ2) is 8.73. The monoisotopic (exact) mass is 474 g/mol. The summed E-state index contributed by atoms with van der Waals surface area (Å²) in [6.07, 6.45) is 0.547. The number of aromatic nitrogens is 3. The van der Waals surface area contributed by atoms with E-state index in [-0.39, 0.29) is 6.61 Å². The van der Waals surface area contributed by atoms with E-state index in [2.05, 4.69) is 26.0 Å². The Morgan fingerprint density at radius 1 is 1.30 bits per heavy atom. The zero-order valence-corrected chi connectivity index (χ0v) is 18.5. The molecule has 0 saturated carbocycles. The molecule has 13 heteroatoms. The number of alkyl carbamates (subject to hydrolysis) is 1. The number of aromatic amines is 1. The van der Waals surface area contributed by atoms with Gasteiger partial charge in [0.15, 0.2) is 0 Å². The molecule has 4 rings (SSSR count). The van der Waals surface area contributed by atoms with Gasteiger partial charge in [0.05, 0.1) is 11.9 Å². The van der Waals surface area contributed by atoms with Crippen LogP contribution in [-0.4, -0.2) is 71.5 Å². The van der Waals surface area contributed by atoms with Crippen molar-refractivity contribution in [2.24, 2.45) is 0 Å². The number of H-pyrrole nitrogens is 1. The number of nitrogens with one attached hydrogen (secondary N) is 3. The molecule has 4 atom stereocenters. The molecule has 2 fully saturated rings. The van der Waals surface area contributed by atoms with Crippen molar-refractivity contribution >= 4 is 35.6 Å². The van der Waals surface area contributed by atoms with Crippen molar-refractivity contribution in [2.45, 2.75) is 48.7 Å². The number of benzene rings is 1. The van der Waals surface area contributed by atoms with Gasteiger partial charge in [-0.05, 0) is 19.4 Å². The van der Waals surface area contributed by atoms with Crippen molar-refractivity contribution in [2.75, 3.05) is 0 Å². The number of fused-ring (bicyclic) bond motifs is 1. The minimum absolute atomic E-state index is 0.123. The SMILES string of the molecule is CC1(C)S[C@@H]2[C@H](NC(=O)[C@H](NC(=O)OCc3cnn[nH]3)c3ccccc3)C(=O)N2[C@H]1C(=O)O. The van der Waals surface area contributed by atoms with E-state index in [0.29, 0.717) is 11.3 Å². The van der Waals surface area contributed by atoms with Crippen molar-refractivity contribution in [3.8, 4) is 0 Å². The van der Waals surface area contributed by atoms with Crippen LogP contribution in [0.1, 0.15) is 31.1 Å². The van der Waals surface area contributed by atoms with E-state index in [0.717, 1.165) is 0 Å². The lowest BCUT2D eigenvalue weighted by molar-refractivity contribution is -0.161. The van der Waals surface area contributed by atoms with Crippen LogP contribution in [-0.2, 0) is 25.7 Å². The number of aliphatic carboxylic acids is 1. The number of hydrogen-bond donors (Lipinski definition) is 4. The van der Waals surface area contributed by atoms with Crippen molar-refractivity contribution in [1.82, 2.24) is 30.9 Å². The zero-order valence-electron chi connectivity index (χ0n) is 17.7. The fourth-order valence-electron chi connectivity index (χ4n) is 3.92. The van der Waals surface area contributed by atoms with Gasteiger partial charge in [0, 0.05) is 4.75 Å². The highest BCUT2D eigenvalue weighted by atomic mass is 32.2. The molecular formula is C20H22N6O6S. The van der Waals surface area contributed by atoms with Gasteiger partial charge in [-0.3, -0.25) is 14.7 Å². The molecule has 0 bridgehead atoms. The second-order valence-corrected chi connectivity index (χ2v) is 9.90. The molecule has 33 heavy (non-hydrogen) atoms. The standard InChI is InChI=1S/C20H22N6O6S/c1-20(2)14(18(29)30)26-16(28)13(17(26)33-20)22-15(27)12(10-6-4-3-5-7-10)23-19(31)32-9-11-8-21-25-24-11/h3-8,12-14,17H,9H2,1-2H3,(H,22,27)(H,23,31)(H,29,30)(H,21,24,25)/t12-,13-,14+,17-/m1/s1. The van der Waals surface area contributed by atoms with Crippen LogP contribution in [0.15, 0.2) is 36.5 Å². The predicted molar refractivity (Wildman–Crippen MR) is 115 cm³/mol. The lowest BCUT2D eigenvalue weighted by atomic mass is 9.95. The summed E-state index contributed by atoms with van der Waals surface area (Å²) in [5, 5.41) is 23.9. The molecule has 174 valence electrons. The largest absolute Gasteiger partial charge is 0.480 e. The predicted octanol–water partition coefficient (Wildman–Crippen LogP) is 0.404. The molecule has 2 aliphatic rings. The molecule has 4 N–H and O–H groups in total. The molecule has 0 spiro atoms. The Hall–Kier alpha value is -3.61.